The van der Waals surface area contributed by atoms with Gasteiger partial charge in [-0.3, -0.25) is 4.79 Å². The van der Waals surface area contributed by atoms with Gasteiger partial charge in [-0.25, -0.2) is 0 Å². The van der Waals surface area contributed by atoms with Gasteiger partial charge in [0.1, 0.15) is 6.07 Å². The first-order chi connectivity index (χ1) is 15.3. The van der Waals surface area contributed by atoms with Crippen molar-refractivity contribution in [1.82, 2.24) is 14.6 Å². The van der Waals surface area contributed by atoms with Crippen molar-refractivity contribution in [2.24, 2.45) is 0 Å². The number of aromatic amines is 1. The summed E-state index contributed by atoms with van der Waals surface area (Å²) in [5.74, 6) is 0.0646. The summed E-state index contributed by atoms with van der Waals surface area (Å²) in [5, 5.41) is 9.28. The molecule has 7 heteroatoms. The van der Waals surface area contributed by atoms with Crippen molar-refractivity contribution in [3.05, 3.63) is 70.0 Å². The van der Waals surface area contributed by atoms with E-state index in [0.29, 0.717) is 38.3 Å². The number of ether oxygens (including phenoxy) is 1. The molecule has 1 amide bonds. The van der Waals surface area contributed by atoms with Crippen LogP contribution < -0.4 is 4.72 Å². The largest absolute Gasteiger partial charge is 0.378 e. The number of H-pyrrole nitrogens is 1. The number of carbonyl (C=O) groups excluding carboxylic acids is 1. The first-order valence-electron chi connectivity index (χ1n) is 10.6. The number of carbonyl (C=O) groups is 1. The number of nitrogens with zero attached hydrogens (tertiary/aromatic N) is 2. The monoisotopic (exact) mass is 436 g/mol. The number of nitriles is 1. The van der Waals surface area contributed by atoms with Gasteiger partial charge in [0, 0.05) is 35.3 Å². The Morgan fingerprint density at radius 3 is 2.84 bits per heavy atom. The second-order valence-corrected chi connectivity index (χ2v) is 7.76. The van der Waals surface area contributed by atoms with Crippen LogP contribution in [0.2, 0.25) is 0 Å². The third-order valence-electron chi connectivity index (χ3n) is 4.97. The van der Waals surface area contributed by atoms with Crippen LogP contribution in [-0.2, 0) is 9.53 Å². The van der Waals surface area contributed by atoms with E-state index < -0.39 is 0 Å². The van der Waals surface area contributed by atoms with Crippen molar-refractivity contribution in [2.45, 2.75) is 26.7 Å². The summed E-state index contributed by atoms with van der Waals surface area (Å²) in [4.78, 5) is 18.8. The highest BCUT2D eigenvalue weighted by atomic mass is 32.2. The van der Waals surface area contributed by atoms with E-state index in [4.69, 9.17) is 4.74 Å². The van der Waals surface area contributed by atoms with E-state index in [1.54, 1.807) is 6.20 Å². The number of aromatic nitrogens is 1. The van der Waals surface area contributed by atoms with Crippen molar-refractivity contribution >= 4 is 29.6 Å². The molecule has 2 N–H and O–H groups in total. The number of hydrogen-bond donors (Lipinski definition) is 2. The molecule has 1 saturated heterocycles. The Hall–Kier alpha value is -2.95. The molecule has 0 atom stereocenters. The Morgan fingerprint density at radius 2 is 2.06 bits per heavy atom. The van der Waals surface area contributed by atoms with Gasteiger partial charge in [0.05, 0.1) is 30.2 Å². The molecule has 3 aliphatic rings. The molecule has 0 radical (unpaired) electrons. The average molecular weight is 437 g/mol. The van der Waals surface area contributed by atoms with Crippen LogP contribution in [0.3, 0.4) is 0 Å². The smallest absolute Gasteiger partial charge is 0.253 e. The van der Waals surface area contributed by atoms with Crippen LogP contribution in [0.15, 0.2) is 53.1 Å². The first kappa shape index (κ1) is 22.7. The minimum Gasteiger partial charge on any atom is -0.378 e. The lowest BCUT2D eigenvalue weighted by Gasteiger charge is -2.27. The van der Waals surface area contributed by atoms with Crippen LogP contribution in [-0.4, -0.2) is 42.1 Å². The topological polar surface area (TPSA) is 81.2 Å². The van der Waals surface area contributed by atoms with E-state index in [1.807, 2.05) is 55.2 Å². The van der Waals surface area contributed by atoms with Crippen molar-refractivity contribution in [1.29, 1.82) is 5.26 Å². The predicted molar refractivity (Wildman–Crippen MR) is 127 cm³/mol. The molecular formula is C24H28N4O2S. The Balaban J connectivity index is 0.00000132. The van der Waals surface area contributed by atoms with E-state index in [2.05, 4.69) is 21.9 Å². The summed E-state index contributed by atoms with van der Waals surface area (Å²) in [7, 11) is 0. The molecule has 0 spiro atoms. The summed E-state index contributed by atoms with van der Waals surface area (Å²) >= 11 is 1.53. The Bertz CT molecular complexity index is 986. The molecule has 1 fully saturated rings. The molecule has 2 aliphatic carbocycles. The molecular weight excluding hydrogens is 408 g/mol. The number of fused-ring (bicyclic) bond motifs is 1. The van der Waals surface area contributed by atoms with Gasteiger partial charge >= 0.3 is 0 Å². The zero-order chi connectivity index (χ0) is 22.1. The van der Waals surface area contributed by atoms with Crippen LogP contribution in [0.4, 0.5) is 0 Å². The summed E-state index contributed by atoms with van der Waals surface area (Å²) in [6.07, 6.45) is 17.2. The molecule has 0 unspecified atom stereocenters. The fraction of sp³-hybridized carbons (Fsp3) is 0.333. The van der Waals surface area contributed by atoms with Gasteiger partial charge in [-0.1, -0.05) is 50.3 Å². The van der Waals surface area contributed by atoms with Gasteiger partial charge in [0.25, 0.3) is 5.91 Å². The van der Waals surface area contributed by atoms with Crippen LogP contribution in [0.1, 0.15) is 43.5 Å². The van der Waals surface area contributed by atoms with Gasteiger partial charge in [0.15, 0.2) is 0 Å². The molecule has 0 bridgehead atoms. The van der Waals surface area contributed by atoms with Crippen LogP contribution in [0.25, 0.3) is 11.8 Å². The number of amides is 1. The molecule has 1 aromatic rings. The molecule has 31 heavy (non-hydrogen) atoms. The van der Waals surface area contributed by atoms with Crippen molar-refractivity contribution in [2.75, 3.05) is 26.3 Å². The number of hydrogen-bond acceptors (Lipinski definition) is 5. The maximum atomic E-state index is 12.7. The van der Waals surface area contributed by atoms with Gasteiger partial charge in [-0.15, -0.1) is 0 Å². The van der Waals surface area contributed by atoms with Crippen LogP contribution >= 0.6 is 11.9 Å². The summed E-state index contributed by atoms with van der Waals surface area (Å²) in [6, 6.07) is 2.22. The minimum absolute atomic E-state index is 0.0646. The average Bonchev–Trinajstić information content (AvgIpc) is 2.97. The van der Waals surface area contributed by atoms with Crippen LogP contribution in [0, 0.1) is 11.3 Å². The lowest BCUT2D eigenvalue weighted by atomic mass is 10.1. The van der Waals surface area contributed by atoms with Crippen LogP contribution in [0.5, 0.6) is 0 Å². The van der Waals surface area contributed by atoms with Gasteiger partial charge in [0.2, 0.25) is 0 Å². The minimum atomic E-state index is 0.0646. The molecule has 162 valence electrons. The Morgan fingerprint density at radius 1 is 1.26 bits per heavy atom. The van der Waals surface area contributed by atoms with Gasteiger partial charge in [-0.2, -0.15) is 5.26 Å². The van der Waals surface area contributed by atoms with Crippen molar-refractivity contribution in [3.8, 4) is 6.07 Å². The van der Waals surface area contributed by atoms with E-state index in [-0.39, 0.29) is 5.91 Å². The molecule has 6 nitrogen and oxygen atoms in total. The molecule has 2 heterocycles. The molecule has 1 aromatic heterocycles. The standard InChI is InChI=1S/C22H22N4O2S.C2H6/c23-14-17-15-24-21-19(17)6-1-2-7-20(21)25-29-18-5-3-4-16(8-9-18)22(27)26-10-12-28-13-11-26;1-2/h1,3-8,15,24-25H,2,9-13H2;1-2H3. The molecule has 0 saturated carbocycles. The number of allylic oxidation sites excluding steroid dienone is 6. The van der Waals surface area contributed by atoms with Crippen molar-refractivity contribution < 1.29 is 9.53 Å². The summed E-state index contributed by atoms with van der Waals surface area (Å²) < 4.78 is 8.74. The SMILES string of the molecule is CC.N#Cc1c[nH]c2c1C=CCC=C2NSC1=CC=CC(C(=O)N2CCOCC2)=CC1. The fourth-order valence-electron chi connectivity index (χ4n) is 3.40. The van der Waals surface area contributed by atoms with E-state index in [0.717, 1.165) is 33.9 Å². The predicted octanol–water partition coefficient (Wildman–Crippen LogP) is 4.54. The van der Waals surface area contributed by atoms with Crippen molar-refractivity contribution in [3.63, 3.8) is 0 Å². The van der Waals surface area contributed by atoms with Gasteiger partial charge < -0.3 is 19.3 Å². The Kier molecular flexibility index (Phi) is 8.39. The van der Waals surface area contributed by atoms with Gasteiger partial charge in [-0.05, 0) is 30.9 Å². The zero-order valence-corrected chi connectivity index (χ0v) is 18.8. The quantitative estimate of drug-likeness (QED) is 0.678. The van der Waals surface area contributed by atoms with E-state index in [9.17, 15) is 10.1 Å². The third-order valence-corrected chi connectivity index (χ3v) is 5.86. The van der Waals surface area contributed by atoms with E-state index >= 15 is 0 Å². The lowest BCUT2D eigenvalue weighted by Crippen LogP contribution is -2.41. The zero-order valence-electron chi connectivity index (χ0n) is 18.0. The maximum absolute atomic E-state index is 12.7. The number of nitrogens with one attached hydrogen (secondary N) is 2. The fourth-order valence-corrected chi connectivity index (χ4v) is 4.14. The second kappa shape index (κ2) is 11.4. The molecule has 0 aromatic carbocycles. The summed E-state index contributed by atoms with van der Waals surface area (Å²) in [5.41, 5.74) is 4.16. The highest BCUT2D eigenvalue weighted by Gasteiger charge is 2.20. The summed E-state index contributed by atoms with van der Waals surface area (Å²) in [6.45, 7) is 6.49. The number of morpholine rings is 1. The highest BCUT2D eigenvalue weighted by molar-refractivity contribution is 8.01. The number of rotatable bonds is 4. The normalized spacial score (nSPS) is 17.6. The maximum Gasteiger partial charge on any atom is 0.253 e. The Labute approximate surface area is 188 Å². The third kappa shape index (κ3) is 5.60. The first-order valence-corrected chi connectivity index (χ1v) is 11.4. The highest BCUT2D eigenvalue weighted by Crippen LogP contribution is 2.29. The second-order valence-electron chi connectivity index (χ2n) is 6.82. The molecule has 4 rings (SSSR count). The molecule has 1 aliphatic heterocycles. The lowest BCUT2D eigenvalue weighted by molar-refractivity contribution is -0.130. The van der Waals surface area contributed by atoms with E-state index in [1.165, 1.54) is 11.9 Å².